The third-order valence-corrected chi connectivity index (χ3v) is 0. The number of carbonyl (C=O) groups is 1. The molecule has 42 valence electrons. The SMILES string of the molecule is C=CCl.O=C([O-])[O-].[Na+].[Na+]. The largest absolute Gasteiger partial charge is 1.00 e. The standard InChI is InChI=1S/C2H3Cl.CH2O3.2Na/c1-2-3;2-1(3)4;;/h2H,1H2;(H2,2,3,4);;/q;;2*+1/p-2. The normalized spacial score (nSPS) is 4.11. The number of carboxylic acid groups (broad SMARTS) is 2. The molecule has 0 heterocycles. The fourth-order valence-corrected chi connectivity index (χ4v) is 0. The molecule has 0 spiro atoms. The third-order valence-electron chi connectivity index (χ3n) is 0. The summed E-state index contributed by atoms with van der Waals surface area (Å²) < 4.78 is 0. The molecule has 9 heavy (non-hydrogen) atoms. The van der Waals surface area contributed by atoms with E-state index in [0.29, 0.717) is 0 Å². The van der Waals surface area contributed by atoms with E-state index in [1.807, 2.05) is 0 Å². The van der Waals surface area contributed by atoms with Gasteiger partial charge in [0.25, 0.3) is 0 Å². The van der Waals surface area contributed by atoms with E-state index in [1.54, 1.807) is 0 Å². The van der Waals surface area contributed by atoms with Crippen molar-refractivity contribution in [1.29, 1.82) is 0 Å². The zero-order valence-electron chi connectivity index (χ0n) is 5.39. The topological polar surface area (TPSA) is 63.2 Å². The van der Waals surface area contributed by atoms with E-state index in [9.17, 15) is 0 Å². The Hall–Kier alpha value is 1.30. The van der Waals surface area contributed by atoms with Crippen LogP contribution in [0.4, 0.5) is 4.79 Å². The van der Waals surface area contributed by atoms with Gasteiger partial charge in [-0.05, 0) is 11.7 Å². The summed E-state index contributed by atoms with van der Waals surface area (Å²) in [5, 5.41) is 16.7. The molecule has 0 unspecified atom stereocenters. The average molecular weight is 168 g/mol. The smallest absolute Gasteiger partial charge is 0.652 e. The van der Waals surface area contributed by atoms with Crippen molar-refractivity contribution >= 4 is 17.8 Å². The molecule has 0 aromatic rings. The van der Waals surface area contributed by atoms with Gasteiger partial charge in [-0.2, -0.15) is 0 Å². The van der Waals surface area contributed by atoms with E-state index < -0.39 is 6.16 Å². The van der Waals surface area contributed by atoms with E-state index in [4.69, 9.17) is 26.6 Å². The molecule has 0 radical (unpaired) electrons. The van der Waals surface area contributed by atoms with Crippen LogP contribution in [-0.4, -0.2) is 6.16 Å². The molecule has 0 bridgehead atoms. The second-order valence-electron chi connectivity index (χ2n) is 0.404. The number of carbonyl (C=O) groups excluding carboxylic acids is 1. The van der Waals surface area contributed by atoms with Crippen LogP contribution in [-0.2, 0) is 0 Å². The summed E-state index contributed by atoms with van der Waals surface area (Å²) in [6.07, 6.45) is -2.33. The van der Waals surface area contributed by atoms with Gasteiger partial charge in [0.1, 0.15) is 0 Å². The Kier molecular flexibility index (Phi) is 56.9. The Bertz CT molecular complexity index is 64.1. The van der Waals surface area contributed by atoms with E-state index in [-0.39, 0.29) is 59.1 Å². The predicted octanol–water partition coefficient (Wildman–Crippen LogP) is -7.07. The summed E-state index contributed by atoms with van der Waals surface area (Å²) in [6, 6.07) is 0. The summed E-state index contributed by atoms with van der Waals surface area (Å²) in [5.41, 5.74) is 1.22. The van der Waals surface area contributed by atoms with Gasteiger partial charge in [-0.3, -0.25) is 0 Å². The molecule has 3 nitrogen and oxygen atoms in total. The molecule has 0 aliphatic carbocycles. The van der Waals surface area contributed by atoms with Crippen molar-refractivity contribution in [2.45, 2.75) is 0 Å². The molecule has 0 aromatic carbocycles. The maximum Gasteiger partial charge on any atom is 1.00 e. The minimum absolute atomic E-state index is 0. The molecule has 0 N–H and O–H groups in total. The first kappa shape index (κ1) is 22.4. The van der Waals surface area contributed by atoms with Crippen LogP contribution in [0.2, 0.25) is 0 Å². The van der Waals surface area contributed by atoms with Gasteiger partial charge in [-0.1, -0.05) is 18.2 Å². The van der Waals surface area contributed by atoms with Crippen LogP contribution in [0.25, 0.3) is 0 Å². The average Bonchev–Trinajstić information content (AvgIpc) is 1.33. The Labute approximate surface area is 103 Å². The maximum atomic E-state index is 8.33. The van der Waals surface area contributed by atoms with E-state index >= 15 is 0 Å². The van der Waals surface area contributed by atoms with Gasteiger partial charge in [-0.15, -0.1) is 0 Å². The quantitative estimate of drug-likeness (QED) is 0.338. The molecule has 0 saturated heterocycles. The van der Waals surface area contributed by atoms with E-state index in [1.165, 1.54) is 5.54 Å². The van der Waals surface area contributed by atoms with Crippen LogP contribution in [0.1, 0.15) is 0 Å². The second-order valence-corrected chi connectivity index (χ2v) is 0.713. The number of rotatable bonds is 0. The van der Waals surface area contributed by atoms with Crippen molar-refractivity contribution in [1.82, 2.24) is 0 Å². The second kappa shape index (κ2) is 22.8. The monoisotopic (exact) mass is 168 g/mol. The van der Waals surface area contributed by atoms with Gasteiger partial charge in [0.05, 0.1) is 0 Å². The fourth-order valence-electron chi connectivity index (χ4n) is 0. The van der Waals surface area contributed by atoms with Crippen molar-refractivity contribution in [3.05, 3.63) is 12.1 Å². The van der Waals surface area contributed by atoms with Gasteiger partial charge < -0.3 is 15.0 Å². The summed E-state index contributed by atoms with van der Waals surface area (Å²) >= 11 is 4.76. The van der Waals surface area contributed by atoms with Crippen LogP contribution in [0.15, 0.2) is 12.1 Å². The minimum Gasteiger partial charge on any atom is -0.652 e. The van der Waals surface area contributed by atoms with Crippen molar-refractivity contribution in [2.75, 3.05) is 0 Å². The number of halogens is 1. The summed E-state index contributed by atoms with van der Waals surface area (Å²) in [5.74, 6) is 0. The molecule has 0 amide bonds. The summed E-state index contributed by atoms with van der Waals surface area (Å²) in [7, 11) is 0. The molecule has 0 fully saturated rings. The van der Waals surface area contributed by atoms with Crippen LogP contribution in [0, 0.1) is 0 Å². The van der Waals surface area contributed by atoms with Crippen LogP contribution in [0.3, 0.4) is 0 Å². The molecular formula is C3H3ClNa2O3. The van der Waals surface area contributed by atoms with E-state index in [0.717, 1.165) is 0 Å². The molecule has 0 atom stereocenters. The van der Waals surface area contributed by atoms with Crippen molar-refractivity contribution < 1.29 is 74.1 Å². The molecule has 0 rings (SSSR count). The van der Waals surface area contributed by atoms with E-state index in [2.05, 4.69) is 6.58 Å². The predicted molar refractivity (Wildman–Crippen MR) is 21.4 cm³/mol. The Morgan fingerprint density at radius 3 is 1.44 bits per heavy atom. The molecule has 0 aliphatic rings. The molecular weight excluding hydrogens is 165 g/mol. The molecule has 0 aliphatic heterocycles. The molecule has 6 heteroatoms. The zero-order valence-corrected chi connectivity index (χ0v) is 10.1. The van der Waals surface area contributed by atoms with Crippen LogP contribution < -0.4 is 69.3 Å². The first-order chi connectivity index (χ1) is 3.15. The van der Waals surface area contributed by atoms with Gasteiger partial charge >= 0.3 is 59.1 Å². The summed E-state index contributed by atoms with van der Waals surface area (Å²) in [4.78, 5) is 8.33. The molecule has 0 saturated carbocycles. The van der Waals surface area contributed by atoms with Crippen molar-refractivity contribution in [3.63, 3.8) is 0 Å². The maximum absolute atomic E-state index is 8.33. The molecule has 0 aromatic heterocycles. The first-order valence-electron chi connectivity index (χ1n) is 1.24. The fraction of sp³-hybridized carbons (Fsp3) is 0. The Balaban J connectivity index is -0.0000000233. The van der Waals surface area contributed by atoms with Crippen LogP contribution in [0.5, 0.6) is 0 Å². The van der Waals surface area contributed by atoms with Crippen molar-refractivity contribution in [3.8, 4) is 0 Å². The van der Waals surface area contributed by atoms with Gasteiger partial charge in [0.2, 0.25) is 0 Å². The number of hydrogen-bond donors (Lipinski definition) is 0. The Morgan fingerprint density at radius 2 is 1.44 bits per heavy atom. The van der Waals surface area contributed by atoms with Crippen LogP contribution >= 0.6 is 11.6 Å². The third kappa shape index (κ3) is 293. The van der Waals surface area contributed by atoms with Gasteiger partial charge in [0.15, 0.2) is 0 Å². The Morgan fingerprint density at radius 1 is 1.44 bits per heavy atom. The van der Waals surface area contributed by atoms with Gasteiger partial charge in [-0.25, -0.2) is 0 Å². The first-order valence-corrected chi connectivity index (χ1v) is 1.68. The number of hydrogen-bond acceptors (Lipinski definition) is 3. The summed E-state index contributed by atoms with van der Waals surface area (Å²) in [6.45, 7) is 3.13. The minimum atomic E-state index is -2.33. The van der Waals surface area contributed by atoms with Gasteiger partial charge in [0, 0.05) is 0 Å². The van der Waals surface area contributed by atoms with Crippen molar-refractivity contribution in [2.24, 2.45) is 0 Å². The zero-order chi connectivity index (χ0) is 6.28.